The summed E-state index contributed by atoms with van der Waals surface area (Å²) in [5.41, 5.74) is 7.25. The van der Waals surface area contributed by atoms with E-state index in [0.717, 1.165) is 5.56 Å². The van der Waals surface area contributed by atoms with Gasteiger partial charge in [-0.05, 0) is 37.1 Å². The maximum atomic E-state index is 12.1. The number of hydrogen-bond donors (Lipinski definition) is 2. The van der Waals surface area contributed by atoms with E-state index in [1.54, 1.807) is 6.07 Å². The standard InChI is InChI=1S/C18H19ClN2O3/c1-12(17(22)21-10-9-13-5-3-2-4-6-13)24-18(23)15-8-7-14(19)11-16(15)20/h2-8,11-12H,9-10,20H2,1H3,(H,21,22). The van der Waals surface area contributed by atoms with Crippen LogP contribution in [0, 0.1) is 0 Å². The van der Waals surface area contributed by atoms with Crippen LogP contribution in [0.15, 0.2) is 48.5 Å². The van der Waals surface area contributed by atoms with E-state index in [9.17, 15) is 9.59 Å². The fraction of sp³-hybridized carbons (Fsp3) is 0.222. The van der Waals surface area contributed by atoms with Crippen LogP contribution in [0.4, 0.5) is 5.69 Å². The number of amides is 1. The topological polar surface area (TPSA) is 81.4 Å². The second kappa shape index (κ2) is 8.36. The third kappa shape index (κ3) is 4.99. The van der Waals surface area contributed by atoms with Gasteiger partial charge in [0.2, 0.25) is 0 Å². The number of carbonyl (C=O) groups is 2. The fourth-order valence-electron chi connectivity index (χ4n) is 2.12. The normalized spacial score (nSPS) is 11.6. The van der Waals surface area contributed by atoms with Crippen LogP contribution in [0.25, 0.3) is 0 Å². The molecular formula is C18H19ClN2O3. The van der Waals surface area contributed by atoms with Crippen LogP contribution in [-0.4, -0.2) is 24.5 Å². The van der Waals surface area contributed by atoms with E-state index in [4.69, 9.17) is 22.1 Å². The molecule has 3 N–H and O–H groups in total. The van der Waals surface area contributed by atoms with E-state index in [1.165, 1.54) is 19.1 Å². The first kappa shape index (κ1) is 17.8. The van der Waals surface area contributed by atoms with Crippen molar-refractivity contribution in [3.63, 3.8) is 0 Å². The second-order valence-corrected chi connectivity index (χ2v) is 5.74. The zero-order chi connectivity index (χ0) is 17.5. The van der Waals surface area contributed by atoms with E-state index in [-0.39, 0.29) is 17.2 Å². The van der Waals surface area contributed by atoms with E-state index >= 15 is 0 Å². The Morgan fingerprint density at radius 3 is 2.58 bits per heavy atom. The third-order valence-electron chi connectivity index (χ3n) is 3.44. The summed E-state index contributed by atoms with van der Waals surface area (Å²) in [6.07, 6.45) is -0.208. The number of nitrogens with two attached hydrogens (primary N) is 1. The van der Waals surface area contributed by atoms with Crippen molar-refractivity contribution in [1.82, 2.24) is 5.32 Å². The molecule has 2 aromatic carbocycles. The molecule has 0 aliphatic heterocycles. The average molecular weight is 347 g/mol. The molecule has 0 aromatic heterocycles. The molecule has 5 nitrogen and oxygen atoms in total. The van der Waals surface area contributed by atoms with Crippen molar-refractivity contribution in [3.8, 4) is 0 Å². The largest absolute Gasteiger partial charge is 0.449 e. The number of esters is 1. The molecule has 0 saturated heterocycles. The number of benzene rings is 2. The highest BCUT2D eigenvalue weighted by molar-refractivity contribution is 6.31. The number of nitrogen functional groups attached to an aromatic ring is 1. The maximum absolute atomic E-state index is 12.1. The Labute approximate surface area is 145 Å². The molecular weight excluding hydrogens is 328 g/mol. The van der Waals surface area contributed by atoms with E-state index in [0.29, 0.717) is 18.0 Å². The van der Waals surface area contributed by atoms with Gasteiger partial charge in [-0.2, -0.15) is 0 Å². The number of ether oxygens (including phenoxy) is 1. The molecule has 0 saturated carbocycles. The number of rotatable bonds is 6. The van der Waals surface area contributed by atoms with Crippen molar-refractivity contribution in [1.29, 1.82) is 0 Å². The molecule has 6 heteroatoms. The van der Waals surface area contributed by atoms with Crippen molar-refractivity contribution in [3.05, 3.63) is 64.7 Å². The van der Waals surface area contributed by atoms with Gasteiger partial charge in [-0.3, -0.25) is 4.79 Å². The summed E-state index contributed by atoms with van der Waals surface area (Å²) in [6, 6.07) is 14.3. The number of anilines is 1. The van der Waals surface area contributed by atoms with Gasteiger partial charge in [0.15, 0.2) is 6.10 Å². The fourth-order valence-corrected chi connectivity index (χ4v) is 2.30. The van der Waals surface area contributed by atoms with E-state index in [1.807, 2.05) is 30.3 Å². The molecule has 24 heavy (non-hydrogen) atoms. The SMILES string of the molecule is CC(OC(=O)c1ccc(Cl)cc1N)C(=O)NCCc1ccccc1. The van der Waals surface area contributed by atoms with Crippen LogP contribution in [-0.2, 0) is 16.0 Å². The predicted molar refractivity (Wildman–Crippen MR) is 93.9 cm³/mol. The summed E-state index contributed by atoms with van der Waals surface area (Å²) in [5, 5.41) is 3.17. The van der Waals surface area contributed by atoms with Crippen LogP contribution in [0.3, 0.4) is 0 Å². The monoisotopic (exact) mass is 346 g/mol. The Morgan fingerprint density at radius 2 is 1.92 bits per heavy atom. The number of nitrogens with one attached hydrogen (secondary N) is 1. The molecule has 126 valence electrons. The highest BCUT2D eigenvalue weighted by Crippen LogP contribution is 2.19. The van der Waals surface area contributed by atoms with Crippen LogP contribution in [0.1, 0.15) is 22.8 Å². The van der Waals surface area contributed by atoms with Gasteiger partial charge in [0.25, 0.3) is 5.91 Å². The number of carbonyl (C=O) groups excluding carboxylic acids is 2. The Kier molecular flexibility index (Phi) is 6.21. The molecule has 0 bridgehead atoms. The minimum absolute atomic E-state index is 0.184. The molecule has 0 heterocycles. The average Bonchev–Trinajstić information content (AvgIpc) is 2.55. The minimum atomic E-state index is -0.914. The second-order valence-electron chi connectivity index (χ2n) is 5.31. The van der Waals surface area contributed by atoms with Gasteiger partial charge in [0, 0.05) is 17.3 Å². The Balaban J connectivity index is 1.83. The molecule has 1 amide bonds. The molecule has 0 radical (unpaired) electrons. The molecule has 2 aromatic rings. The Hall–Kier alpha value is -2.53. The first-order valence-corrected chi connectivity index (χ1v) is 7.93. The van der Waals surface area contributed by atoms with Crippen LogP contribution in [0.2, 0.25) is 5.02 Å². The van der Waals surface area contributed by atoms with Gasteiger partial charge >= 0.3 is 5.97 Å². The van der Waals surface area contributed by atoms with Gasteiger partial charge in [-0.15, -0.1) is 0 Å². The first-order valence-electron chi connectivity index (χ1n) is 7.55. The highest BCUT2D eigenvalue weighted by Gasteiger charge is 2.20. The molecule has 0 aliphatic rings. The van der Waals surface area contributed by atoms with Crippen LogP contribution in [0.5, 0.6) is 0 Å². The lowest BCUT2D eigenvalue weighted by atomic mass is 10.1. The molecule has 0 spiro atoms. The lowest BCUT2D eigenvalue weighted by molar-refractivity contribution is -0.129. The zero-order valence-corrected chi connectivity index (χ0v) is 14.0. The number of halogens is 1. The quantitative estimate of drug-likeness (QED) is 0.622. The lowest BCUT2D eigenvalue weighted by Gasteiger charge is -2.14. The van der Waals surface area contributed by atoms with Gasteiger partial charge in [-0.25, -0.2) is 4.79 Å². The van der Waals surface area contributed by atoms with Crippen molar-refractivity contribution < 1.29 is 14.3 Å². The van der Waals surface area contributed by atoms with Crippen molar-refractivity contribution in [2.75, 3.05) is 12.3 Å². The van der Waals surface area contributed by atoms with Crippen molar-refractivity contribution in [2.45, 2.75) is 19.4 Å². The maximum Gasteiger partial charge on any atom is 0.341 e. The van der Waals surface area contributed by atoms with Crippen LogP contribution >= 0.6 is 11.6 Å². The lowest BCUT2D eigenvalue weighted by Crippen LogP contribution is -2.37. The summed E-state index contributed by atoms with van der Waals surface area (Å²) in [7, 11) is 0. The summed E-state index contributed by atoms with van der Waals surface area (Å²) >= 11 is 5.79. The van der Waals surface area contributed by atoms with Crippen molar-refractivity contribution in [2.24, 2.45) is 0 Å². The predicted octanol–water partition coefficient (Wildman–Crippen LogP) is 2.83. The summed E-state index contributed by atoms with van der Waals surface area (Å²) in [6.45, 7) is 1.98. The van der Waals surface area contributed by atoms with Gasteiger partial charge in [0.1, 0.15) is 0 Å². The van der Waals surface area contributed by atoms with Gasteiger partial charge < -0.3 is 15.8 Å². The third-order valence-corrected chi connectivity index (χ3v) is 3.68. The van der Waals surface area contributed by atoms with Crippen molar-refractivity contribution >= 4 is 29.2 Å². The summed E-state index contributed by atoms with van der Waals surface area (Å²) in [5.74, 6) is -1.01. The Bertz CT molecular complexity index is 719. The first-order chi connectivity index (χ1) is 11.5. The zero-order valence-electron chi connectivity index (χ0n) is 13.3. The highest BCUT2D eigenvalue weighted by atomic mass is 35.5. The van der Waals surface area contributed by atoms with E-state index in [2.05, 4.69) is 5.32 Å². The van der Waals surface area contributed by atoms with Crippen LogP contribution < -0.4 is 11.1 Å². The minimum Gasteiger partial charge on any atom is -0.449 e. The molecule has 2 rings (SSSR count). The summed E-state index contributed by atoms with van der Waals surface area (Å²) < 4.78 is 5.15. The molecule has 0 fully saturated rings. The van der Waals surface area contributed by atoms with Gasteiger partial charge in [0.05, 0.1) is 5.56 Å². The molecule has 1 atom stereocenters. The smallest absolute Gasteiger partial charge is 0.341 e. The van der Waals surface area contributed by atoms with Gasteiger partial charge in [-0.1, -0.05) is 41.9 Å². The van der Waals surface area contributed by atoms with E-state index < -0.39 is 12.1 Å². The molecule has 0 aliphatic carbocycles. The molecule has 1 unspecified atom stereocenters. The Morgan fingerprint density at radius 1 is 1.21 bits per heavy atom. The summed E-state index contributed by atoms with van der Waals surface area (Å²) in [4.78, 5) is 24.1. The number of hydrogen-bond acceptors (Lipinski definition) is 4.